The second-order valence-corrected chi connectivity index (χ2v) is 37.4. The van der Waals surface area contributed by atoms with Crippen molar-refractivity contribution in [2.45, 2.75) is 290 Å². The molecule has 0 spiro atoms. The summed E-state index contributed by atoms with van der Waals surface area (Å²) < 4.78 is 14.2. The van der Waals surface area contributed by atoms with E-state index >= 15 is 0 Å². The summed E-state index contributed by atoms with van der Waals surface area (Å²) in [6.45, 7) is 21.2. The maximum Gasteiger partial charge on any atom is 0.126 e. The number of allylic oxidation sites excluding steroid dienone is 3. The number of rotatable bonds is 11. The monoisotopic (exact) mass is 1310 g/mol. The lowest BCUT2D eigenvalue weighted by atomic mass is 9.46. The molecule has 9 fully saturated rings. The van der Waals surface area contributed by atoms with Crippen LogP contribution >= 0.6 is 11.3 Å². The first kappa shape index (κ1) is 70.1. The molecule has 8 heteroatoms. The predicted octanol–water partition coefficient (Wildman–Crippen LogP) is 19.3. The molecule has 3 aromatic rings. The fourth-order valence-corrected chi connectivity index (χ4v) is 27.1. The van der Waals surface area contributed by atoms with Crippen LogP contribution in [0.5, 0.6) is 0 Å². The van der Waals surface area contributed by atoms with Gasteiger partial charge in [0.1, 0.15) is 5.82 Å². The van der Waals surface area contributed by atoms with E-state index in [-0.39, 0.29) is 57.1 Å². The van der Waals surface area contributed by atoms with Gasteiger partial charge in [-0.25, -0.2) is 4.39 Å². The van der Waals surface area contributed by atoms with E-state index in [0.29, 0.717) is 59.8 Å². The van der Waals surface area contributed by atoms with Crippen LogP contribution in [0, 0.1) is 121 Å². The Hall–Kier alpha value is -3.39. The van der Waals surface area contributed by atoms with Crippen LogP contribution < -0.4 is 0 Å². The zero-order valence-electron chi connectivity index (χ0n) is 60.0. The van der Waals surface area contributed by atoms with E-state index in [0.717, 1.165) is 137 Å². The predicted molar refractivity (Wildman–Crippen MR) is 385 cm³/mol. The second kappa shape index (κ2) is 26.9. The molecule has 15 rings (SSSR count). The molecule has 6 nitrogen and oxygen atoms in total. The Labute approximate surface area is 577 Å². The van der Waals surface area contributed by atoms with E-state index in [9.17, 15) is 35.0 Å². The minimum Gasteiger partial charge on any atom is -0.393 e. The molecule has 0 bridgehead atoms. The quantitative estimate of drug-likeness (QED) is 0.0840. The first-order valence-corrected chi connectivity index (χ1v) is 39.6. The normalized spacial score (nSPS) is 43.1. The highest BCUT2D eigenvalue weighted by atomic mass is 32.1. The zero-order chi connectivity index (χ0) is 67.1. The number of hydrogen-bond acceptors (Lipinski definition) is 7. The highest BCUT2D eigenvalue weighted by Crippen LogP contribution is 2.71. The number of thiophene rings is 1. The van der Waals surface area contributed by atoms with E-state index < -0.39 is 16.8 Å². The van der Waals surface area contributed by atoms with Gasteiger partial charge in [-0.2, -0.15) is 0 Å². The van der Waals surface area contributed by atoms with Gasteiger partial charge in [-0.3, -0.25) is 0 Å². The van der Waals surface area contributed by atoms with Crippen molar-refractivity contribution >= 4 is 11.3 Å². The molecule has 9 saturated carbocycles. The van der Waals surface area contributed by atoms with Gasteiger partial charge < -0.3 is 30.6 Å². The molecule has 520 valence electrons. The summed E-state index contributed by atoms with van der Waals surface area (Å²) in [5, 5.41) is 67.7. The van der Waals surface area contributed by atoms with E-state index in [1.165, 1.54) is 94.3 Å². The Kier molecular flexibility index (Phi) is 19.8. The molecule has 6 N–H and O–H groups in total. The number of fused-ring (bicyclic) bond motifs is 15. The van der Waals surface area contributed by atoms with Crippen LogP contribution in [0.25, 0.3) is 0 Å². The van der Waals surface area contributed by atoms with Crippen LogP contribution in [-0.4, -0.2) is 65.8 Å². The average Bonchev–Trinajstić information content (AvgIpc) is 1.70. The van der Waals surface area contributed by atoms with Crippen molar-refractivity contribution in [1.29, 1.82) is 0 Å². The van der Waals surface area contributed by atoms with Crippen molar-refractivity contribution in [2.24, 2.45) is 104 Å². The third-order valence-electron chi connectivity index (χ3n) is 31.5. The molecule has 1 aromatic heterocycles. The summed E-state index contributed by atoms with van der Waals surface area (Å²) in [5.41, 5.74) is 6.15. The van der Waals surface area contributed by atoms with Crippen LogP contribution in [-0.2, 0) is 12.8 Å². The first-order chi connectivity index (χ1) is 45.1. The number of benzene rings is 2. The minimum absolute atomic E-state index is 0.124. The van der Waals surface area contributed by atoms with Gasteiger partial charge in [-0.05, 0) is 339 Å². The number of halogens is 1. The van der Waals surface area contributed by atoms with Gasteiger partial charge in [0.15, 0.2) is 0 Å². The molecule has 0 radical (unpaired) electrons. The molecule has 0 saturated heterocycles. The molecule has 0 amide bonds. The van der Waals surface area contributed by atoms with Gasteiger partial charge in [-0.1, -0.05) is 143 Å². The summed E-state index contributed by atoms with van der Waals surface area (Å²) in [6, 6.07) is 21.8. The number of aliphatic hydroxyl groups excluding tert-OH is 3. The third kappa shape index (κ3) is 12.9. The highest BCUT2D eigenvalue weighted by Gasteiger charge is 2.65. The lowest BCUT2D eigenvalue weighted by Gasteiger charge is -2.59. The lowest BCUT2D eigenvalue weighted by Crippen LogP contribution is -2.53. The molecular weight excluding hydrogens is 1190 g/mol. The number of hydrogen-bond donors (Lipinski definition) is 6. The molecule has 24 atom stereocenters. The van der Waals surface area contributed by atoms with Gasteiger partial charge in [0.05, 0.1) is 40.0 Å². The van der Waals surface area contributed by atoms with Crippen molar-refractivity contribution in [2.75, 3.05) is 0 Å². The van der Waals surface area contributed by atoms with Crippen LogP contribution in [0.15, 0.2) is 107 Å². The maximum absolute atomic E-state index is 14.2. The Bertz CT molecular complexity index is 3330. The van der Waals surface area contributed by atoms with Crippen LogP contribution in [0.4, 0.5) is 4.39 Å². The van der Waals surface area contributed by atoms with Crippen molar-refractivity contribution in [1.82, 2.24) is 0 Å². The Morgan fingerprint density at radius 1 is 0.463 bits per heavy atom. The van der Waals surface area contributed by atoms with Crippen molar-refractivity contribution in [3.63, 3.8) is 0 Å². The number of aliphatic hydroxyl groups is 6. The molecule has 12 aliphatic carbocycles. The van der Waals surface area contributed by atoms with Gasteiger partial charge in [0, 0.05) is 6.42 Å². The molecule has 0 aliphatic heterocycles. The van der Waals surface area contributed by atoms with Crippen molar-refractivity contribution in [3.8, 4) is 11.8 Å². The second-order valence-electron chi connectivity index (χ2n) is 36.4. The summed E-state index contributed by atoms with van der Waals surface area (Å²) in [4.78, 5) is 1.09. The molecule has 4 unspecified atom stereocenters. The summed E-state index contributed by atoms with van der Waals surface area (Å²) >= 11 is 1.67. The van der Waals surface area contributed by atoms with E-state index in [4.69, 9.17) is 0 Å². The Morgan fingerprint density at radius 2 is 0.884 bits per heavy atom. The Morgan fingerprint density at radius 3 is 1.32 bits per heavy atom. The van der Waals surface area contributed by atoms with Crippen LogP contribution in [0.3, 0.4) is 0 Å². The third-order valence-corrected chi connectivity index (χ3v) is 32.3. The Balaban J connectivity index is 0.000000129. The van der Waals surface area contributed by atoms with Gasteiger partial charge in [-0.15, -0.1) is 11.3 Å². The largest absolute Gasteiger partial charge is 0.393 e. The van der Waals surface area contributed by atoms with E-state index in [1.54, 1.807) is 28.5 Å². The number of aryl methyl sites for hydroxylation is 2. The first-order valence-electron chi connectivity index (χ1n) is 38.7. The highest BCUT2D eigenvalue weighted by molar-refractivity contribution is 7.10. The molecule has 2 aromatic carbocycles. The molecule has 12 aliphatic rings. The SMILES string of the molecule is C[C@]12CCC3C(CC=C4C[C@@H](O)CC[C@@]43C)C1CCC2[C@@](C)(O)CCCc1ccccc1.C[C@]12CC[C@H]3[C@@H](CC=C4C[C@@H](O)CC[C@@]43C)[C@@H]1CC[C@@H]2[C@@](C)(O)CC#Cc1cccs1.C[C@]12CC[C@H]3[C@@H](CC=C4C[C@@H](O)CC[C@@]43C)[C@@H]1CC[C@@H]2[C@@](C)(O)CCc1ccccc1F. The maximum atomic E-state index is 14.2. The zero-order valence-corrected chi connectivity index (χ0v) is 60.8. The van der Waals surface area contributed by atoms with Gasteiger partial charge >= 0.3 is 0 Å². The average molecular weight is 1320 g/mol. The topological polar surface area (TPSA) is 121 Å². The summed E-state index contributed by atoms with van der Waals surface area (Å²) in [6.07, 6.45) is 39.0. The van der Waals surface area contributed by atoms with Crippen molar-refractivity contribution in [3.05, 3.63) is 129 Å². The molecule has 95 heavy (non-hydrogen) atoms. The fourth-order valence-electron chi connectivity index (χ4n) is 26.5. The van der Waals surface area contributed by atoms with Crippen LogP contribution in [0.1, 0.15) is 258 Å². The van der Waals surface area contributed by atoms with Crippen LogP contribution in [0.2, 0.25) is 0 Å². The summed E-state index contributed by atoms with van der Waals surface area (Å²) in [5.74, 6) is 14.0. The lowest BCUT2D eigenvalue weighted by molar-refractivity contribution is -0.105. The standard InChI is InChI=1S/C30H44O2.C29H41FO2.C28H38O2S/c1-28-18-15-23(31)20-22(28)11-12-24-25-13-14-27(29(25,2)19-16-26(24)28)30(3,32)17-7-10-21-8-5-4-6-9-21;1-27-15-13-21(31)18-20(27)8-9-22-23-10-11-26(28(23,2)16-14-24(22)27)29(3,32)17-12-19-6-4-5-7-25(19)30;1-26-15-12-20(29)18-19(26)8-9-22-23-10-11-25(27(23,2)16-13-24(22)26)28(3,30)14-4-6-21-7-5-17-31-21/h4-6,8-9,11,23-27,31-32H,7,10,12-20H2,1-3H3;4-8,21-24,26,31-32H,9-18H2,1-3H3;5,7-8,17,20,22-25,29-30H,9-16,18H2,1-3H3/t23-,24?,25?,26?,27?,28-,29-,30-;21-,22-,23-,24-,26-,27-,28-,29-;20-,22-,23-,24-,25-,26-,27-,28-/m000/s1. The fraction of sp³-hybridized carbons (Fsp3) is 0.724. The summed E-state index contributed by atoms with van der Waals surface area (Å²) in [7, 11) is 0. The smallest absolute Gasteiger partial charge is 0.126 e. The molecular formula is C87H123FO6S. The minimum atomic E-state index is -0.771. The molecule has 1 heterocycles. The van der Waals surface area contributed by atoms with E-state index in [2.05, 4.69) is 120 Å². The van der Waals surface area contributed by atoms with Crippen molar-refractivity contribution < 1.29 is 35.0 Å². The van der Waals surface area contributed by atoms with E-state index in [1.807, 2.05) is 32.0 Å². The van der Waals surface area contributed by atoms with Gasteiger partial charge in [0.2, 0.25) is 0 Å². The van der Waals surface area contributed by atoms with Gasteiger partial charge in [0.25, 0.3) is 0 Å².